The molecule has 108 valence electrons. The summed E-state index contributed by atoms with van der Waals surface area (Å²) in [5.74, 6) is 2.77. The maximum absolute atomic E-state index is 12.9. The summed E-state index contributed by atoms with van der Waals surface area (Å²) in [4.78, 5) is 15.1. The molecule has 2 aliphatic heterocycles. The van der Waals surface area contributed by atoms with Gasteiger partial charge < -0.3 is 10.2 Å². The topological polar surface area (TPSA) is 32.3 Å². The zero-order chi connectivity index (χ0) is 13.4. The van der Waals surface area contributed by atoms with Gasteiger partial charge in [-0.3, -0.25) is 4.79 Å². The van der Waals surface area contributed by atoms with Crippen LogP contribution in [0, 0.1) is 23.7 Å². The highest BCUT2D eigenvalue weighted by Crippen LogP contribution is 2.39. The number of nitrogens with one attached hydrogen (secondary N) is 1. The Labute approximate surface area is 117 Å². The van der Waals surface area contributed by atoms with E-state index in [4.69, 9.17) is 0 Å². The molecule has 2 heterocycles. The molecule has 3 nitrogen and oxygen atoms in total. The monoisotopic (exact) mass is 264 g/mol. The first kappa shape index (κ1) is 13.4. The minimum Gasteiger partial charge on any atom is -0.339 e. The van der Waals surface area contributed by atoms with E-state index < -0.39 is 0 Å². The number of piperidine rings is 1. The van der Waals surface area contributed by atoms with Gasteiger partial charge in [-0.05, 0) is 43.6 Å². The molecule has 19 heavy (non-hydrogen) atoms. The Morgan fingerprint density at radius 3 is 2.58 bits per heavy atom. The molecule has 3 aliphatic rings. The highest BCUT2D eigenvalue weighted by molar-refractivity contribution is 5.80. The second-order valence-corrected chi connectivity index (χ2v) is 7.06. The van der Waals surface area contributed by atoms with E-state index >= 15 is 0 Å². The van der Waals surface area contributed by atoms with Gasteiger partial charge in [0.25, 0.3) is 0 Å². The van der Waals surface area contributed by atoms with E-state index in [-0.39, 0.29) is 5.92 Å². The molecule has 2 saturated heterocycles. The highest BCUT2D eigenvalue weighted by atomic mass is 16.2. The van der Waals surface area contributed by atoms with Crippen molar-refractivity contribution in [2.45, 2.75) is 52.0 Å². The predicted octanol–water partition coefficient (Wildman–Crippen LogP) is 2.27. The molecule has 1 saturated carbocycles. The van der Waals surface area contributed by atoms with Gasteiger partial charge in [0.1, 0.15) is 0 Å². The SMILES string of the molecule is CC1CCN(C(=O)[C@@H]2CNC[C@H]2C)C2CCCCC12. The maximum atomic E-state index is 12.9. The van der Waals surface area contributed by atoms with Crippen LogP contribution in [-0.2, 0) is 4.79 Å². The van der Waals surface area contributed by atoms with Crippen LogP contribution in [0.5, 0.6) is 0 Å². The molecular formula is C16H28N2O. The molecule has 3 unspecified atom stereocenters. The summed E-state index contributed by atoms with van der Waals surface area (Å²) < 4.78 is 0. The summed E-state index contributed by atoms with van der Waals surface area (Å²) in [5, 5.41) is 3.38. The lowest BCUT2D eigenvalue weighted by Gasteiger charge is -2.48. The van der Waals surface area contributed by atoms with Gasteiger partial charge in [0.2, 0.25) is 5.91 Å². The molecular weight excluding hydrogens is 236 g/mol. The van der Waals surface area contributed by atoms with Gasteiger partial charge in [-0.25, -0.2) is 0 Å². The number of rotatable bonds is 1. The Morgan fingerprint density at radius 2 is 1.84 bits per heavy atom. The van der Waals surface area contributed by atoms with E-state index in [1.54, 1.807) is 0 Å². The molecule has 1 N–H and O–H groups in total. The number of amides is 1. The smallest absolute Gasteiger partial charge is 0.227 e. The van der Waals surface area contributed by atoms with Crippen molar-refractivity contribution in [3.05, 3.63) is 0 Å². The summed E-state index contributed by atoms with van der Waals surface area (Å²) in [6.45, 7) is 7.51. The summed E-state index contributed by atoms with van der Waals surface area (Å²) >= 11 is 0. The summed E-state index contributed by atoms with van der Waals surface area (Å²) in [7, 11) is 0. The Bertz CT molecular complexity index is 344. The minimum absolute atomic E-state index is 0.232. The molecule has 3 fully saturated rings. The van der Waals surface area contributed by atoms with Crippen molar-refractivity contribution in [3.8, 4) is 0 Å². The van der Waals surface area contributed by atoms with Crippen molar-refractivity contribution in [2.75, 3.05) is 19.6 Å². The predicted molar refractivity (Wildman–Crippen MR) is 76.8 cm³/mol. The Kier molecular flexibility index (Phi) is 3.84. The first-order valence-corrected chi connectivity index (χ1v) is 8.19. The number of hydrogen-bond acceptors (Lipinski definition) is 2. The molecule has 3 rings (SSSR count). The van der Waals surface area contributed by atoms with Crippen molar-refractivity contribution < 1.29 is 4.79 Å². The van der Waals surface area contributed by atoms with Crippen molar-refractivity contribution in [3.63, 3.8) is 0 Å². The standard InChI is InChI=1S/C16H28N2O/c1-11-7-8-18(15-6-4-3-5-13(11)15)16(19)14-10-17-9-12(14)2/h11-15,17H,3-10H2,1-2H3/t11?,12-,13?,14-,15?/m1/s1. The van der Waals surface area contributed by atoms with E-state index in [1.165, 1.54) is 32.1 Å². The molecule has 0 spiro atoms. The summed E-state index contributed by atoms with van der Waals surface area (Å²) in [6.07, 6.45) is 6.48. The Hall–Kier alpha value is -0.570. The van der Waals surface area contributed by atoms with Crippen molar-refractivity contribution in [1.82, 2.24) is 10.2 Å². The molecule has 0 bridgehead atoms. The van der Waals surface area contributed by atoms with Gasteiger partial charge >= 0.3 is 0 Å². The Morgan fingerprint density at radius 1 is 1.05 bits per heavy atom. The van der Waals surface area contributed by atoms with Crippen LogP contribution in [0.2, 0.25) is 0 Å². The number of carbonyl (C=O) groups excluding carboxylic acids is 1. The van der Waals surface area contributed by atoms with E-state index in [2.05, 4.69) is 24.1 Å². The molecule has 1 amide bonds. The van der Waals surface area contributed by atoms with Gasteiger partial charge in [0.05, 0.1) is 5.92 Å². The van der Waals surface area contributed by atoms with Crippen LogP contribution < -0.4 is 5.32 Å². The Balaban J connectivity index is 1.74. The van der Waals surface area contributed by atoms with Crippen LogP contribution in [-0.4, -0.2) is 36.5 Å². The molecule has 5 atom stereocenters. The minimum atomic E-state index is 0.232. The fraction of sp³-hybridized carbons (Fsp3) is 0.938. The van der Waals surface area contributed by atoms with Crippen LogP contribution >= 0.6 is 0 Å². The third kappa shape index (κ3) is 2.42. The van der Waals surface area contributed by atoms with E-state index in [0.29, 0.717) is 17.9 Å². The lowest BCUT2D eigenvalue weighted by atomic mass is 9.72. The zero-order valence-electron chi connectivity index (χ0n) is 12.4. The van der Waals surface area contributed by atoms with E-state index in [1.807, 2.05) is 0 Å². The van der Waals surface area contributed by atoms with Crippen molar-refractivity contribution >= 4 is 5.91 Å². The van der Waals surface area contributed by atoms with Crippen LogP contribution in [0.4, 0.5) is 0 Å². The number of fused-ring (bicyclic) bond motifs is 1. The van der Waals surface area contributed by atoms with E-state index in [9.17, 15) is 4.79 Å². The molecule has 0 aromatic rings. The summed E-state index contributed by atoms with van der Waals surface area (Å²) in [5.41, 5.74) is 0. The van der Waals surface area contributed by atoms with Crippen LogP contribution in [0.15, 0.2) is 0 Å². The lowest BCUT2D eigenvalue weighted by molar-refractivity contribution is -0.144. The normalized spacial score (nSPS) is 43.1. The largest absolute Gasteiger partial charge is 0.339 e. The molecule has 3 heteroatoms. The zero-order valence-corrected chi connectivity index (χ0v) is 12.4. The third-order valence-electron chi connectivity index (χ3n) is 5.86. The lowest BCUT2D eigenvalue weighted by Crippen LogP contribution is -2.54. The van der Waals surface area contributed by atoms with E-state index in [0.717, 1.165) is 31.5 Å². The number of carbonyl (C=O) groups is 1. The average Bonchev–Trinajstić information content (AvgIpc) is 2.85. The van der Waals surface area contributed by atoms with Crippen molar-refractivity contribution in [2.24, 2.45) is 23.7 Å². The van der Waals surface area contributed by atoms with Crippen LogP contribution in [0.25, 0.3) is 0 Å². The number of hydrogen-bond donors (Lipinski definition) is 1. The number of likely N-dealkylation sites (tertiary alicyclic amines) is 1. The first-order valence-electron chi connectivity index (χ1n) is 8.19. The fourth-order valence-corrected chi connectivity index (χ4v) is 4.54. The van der Waals surface area contributed by atoms with Crippen molar-refractivity contribution in [1.29, 1.82) is 0 Å². The average molecular weight is 264 g/mol. The molecule has 0 aromatic carbocycles. The number of nitrogens with zero attached hydrogens (tertiary/aromatic N) is 1. The maximum Gasteiger partial charge on any atom is 0.227 e. The molecule has 0 radical (unpaired) electrons. The van der Waals surface area contributed by atoms with Gasteiger partial charge in [-0.2, -0.15) is 0 Å². The van der Waals surface area contributed by atoms with Gasteiger partial charge in [0, 0.05) is 19.1 Å². The van der Waals surface area contributed by atoms with Gasteiger partial charge in [0.15, 0.2) is 0 Å². The summed E-state index contributed by atoms with van der Waals surface area (Å²) in [6, 6.07) is 0.554. The molecule has 1 aliphatic carbocycles. The highest BCUT2D eigenvalue weighted by Gasteiger charge is 2.42. The fourth-order valence-electron chi connectivity index (χ4n) is 4.54. The first-order chi connectivity index (χ1) is 9.18. The second-order valence-electron chi connectivity index (χ2n) is 7.06. The molecule has 0 aromatic heterocycles. The van der Waals surface area contributed by atoms with Crippen LogP contribution in [0.3, 0.4) is 0 Å². The third-order valence-corrected chi connectivity index (χ3v) is 5.86. The second kappa shape index (κ2) is 5.43. The van der Waals surface area contributed by atoms with Gasteiger partial charge in [-0.15, -0.1) is 0 Å². The quantitative estimate of drug-likeness (QED) is 0.788. The van der Waals surface area contributed by atoms with Crippen LogP contribution in [0.1, 0.15) is 46.0 Å². The van der Waals surface area contributed by atoms with Gasteiger partial charge in [-0.1, -0.05) is 26.7 Å².